The van der Waals surface area contributed by atoms with Gasteiger partial charge in [0.25, 0.3) is 0 Å². The number of halogens is 4. The Kier molecular flexibility index (Phi) is 6.43. The second-order valence-electron chi connectivity index (χ2n) is 6.13. The molecule has 2 aromatic carbocycles. The van der Waals surface area contributed by atoms with Gasteiger partial charge in [0.1, 0.15) is 5.82 Å². The highest BCUT2D eigenvalue weighted by Gasteiger charge is 2.30. The maximum absolute atomic E-state index is 13.0. The van der Waals surface area contributed by atoms with E-state index in [1.54, 1.807) is 0 Å². The van der Waals surface area contributed by atoms with Gasteiger partial charge < -0.3 is 15.8 Å². The molecule has 0 saturated heterocycles. The van der Waals surface area contributed by atoms with Crippen LogP contribution in [0.25, 0.3) is 6.08 Å². The molecule has 3 rings (SSSR count). The number of alkyl halides is 3. The van der Waals surface area contributed by atoms with Gasteiger partial charge in [-0.05, 0) is 48.0 Å². The number of rotatable bonds is 6. The standard InChI is InChI=1S/C20H15F4N5O2/c21-14-5-7-15(8-6-14)26-19-28-16(27-18(25)29-19)11-31-17(30)9-4-12-2-1-3-13(10-12)20(22,23)24/h1-10H,11H2,(H3,25,26,27,28,29)/b9-4+. The Morgan fingerprint density at radius 3 is 2.55 bits per heavy atom. The molecule has 0 fully saturated rings. The molecule has 0 unspecified atom stereocenters. The molecule has 31 heavy (non-hydrogen) atoms. The van der Waals surface area contributed by atoms with Crippen molar-refractivity contribution in [2.24, 2.45) is 0 Å². The zero-order chi connectivity index (χ0) is 22.4. The molecule has 0 aliphatic rings. The Morgan fingerprint density at radius 1 is 1.10 bits per heavy atom. The van der Waals surface area contributed by atoms with Crippen molar-refractivity contribution in [3.8, 4) is 0 Å². The quantitative estimate of drug-likeness (QED) is 0.343. The van der Waals surface area contributed by atoms with Crippen molar-refractivity contribution in [3.05, 3.63) is 77.4 Å². The molecule has 0 spiro atoms. The van der Waals surface area contributed by atoms with Crippen molar-refractivity contribution >= 4 is 29.6 Å². The Hall–Kier alpha value is -4.02. The number of carbonyl (C=O) groups excluding carboxylic acids is 1. The summed E-state index contributed by atoms with van der Waals surface area (Å²) in [6.45, 7) is -0.351. The van der Waals surface area contributed by atoms with Gasteiger partial charge in [0, 0.05) is 11.8 Å². The van der Waals surface area contributed by atoms with Crippen LogP contribution in [-0.2, 0) is 22.3 Å². The number of benzene rings is 2. The number of nitrogens with zero attached hydrogens (tertiary/aromatic N) is 3. The van der Waals surface area contributed by atoms with Crippen molar-refractivity contribution in [3.63, 3.8) is 0 Å². The monoisotopic (exact) mass is 433 g/mol. The van der Waals surface area contributed by atoms with Crippen molar-refractivity contribution in [1.29, 1.82) is 0 Å². The van der Waals surface area contributed by atoms with E-state index in [1.807, 2.05) is 0 Å². The second kappa shape index (κ2) is 9.20. The van der Waals surface area contributed by atoms with Crippen LogP contribution in [0.4, 0.5) is 35.1 Å². The van der Waals surface area contributed by atoms with Crippen molar-refractivity contribution in [2.45, 2.75) is 12.8 Å². The topological polar surface area (TPSA) is 103 Å². The lowest BCUT2D eigenvalue weighted by atomic mass is 10.1. The molecule has 7 nitrogen and oxygen atoms in total. The maximum Gasteiger partial charge on any atom is 0.416 e. The Balaban J connectivity index is 1.61. The molecular weight excluding hydrogens is 418 g/mol. The first-order chi connectivity index (χ1) is 14.7. The second-order valence-corrected chi connectivity index (χ2v) is 6.13. The van der Waals surface area contributed by atoms with Gasteiger partial charge >= 0.3 is 12.1 Å². The number of ether oxygens (including phenoxy) is 1. The fourth-order valence-corrected chi connectivity index (χ4v) is 2.39. The number of hydrogen-bond donors (Lipinski definition) is 2. The van der Waals surface area contributed by atoms with E-state index >= 15 is 0 Å². The summed E-state index contributed by atoms with van der Waals surface area (Å²) < 4.78 is 56.2. The molecule has 3 N–H and O–H groups in total. The fraction of sp³-hybridized carbons (Fsp3) is 0.100. The summed E-state index contributed by atoms with van der Waals surface area (Å²) >= 11 is 0. The third-order valence-electron chi connectivity index (χ3n) is 3.77. The average molecular weight is 433 g/mol. The lowest BCUT2D eigenvalue weighted by Crippen LogP contribution is -2.10. The van der Waals surface area contributed by atoms with E-state index in [0.29, 0.717) is 5.69 Å². The number of hydrogen-bond acceptors (Lipinski definition) is 7. The summed E-state index contributed by atoms with van der Waals surface area (Å²) in [5.41, 5.74) is 5.47. The SMILES string of the molecule is Nc1nc(COC(=O)/C=C/c2cccc(C(F)(F)F)c2)nc(Nc2ccc(F)cc2)n1. The Morgan fingerprint density at radius 2 is 1.84 bits per heavy atom. The van der Waals surface area contributed by atoms with Crippen LogP contribution in [0.15, 0.2) is 54.6 Å². The van der Waals surface area contributed by atoms with E-state index in [-0.39, 0.29) is 29.9 Å². The first-order valence-corrected chi connectivity index (χ1v) is 8.74. The molecule has 0 radical (unpaired) electrons. The molecule has 3 aromatic rings. The van der Waals surface area contributed by atoms with Crippen molar-refractivity contribution in [1.82, 2.24) is 15.0 Å². The molecule has 0 amide bonds. The van der Waals surface area contributed by atoms with Crippen molar-refractivity contribution in [2.75, 3.05) is 11.1 Å². The van der Waals surface area contributed by atoms with Crippen LogP contribution in [-0.4, -0.2) is 20.9 Å². The molecule has 11 heteroatoms. The van der Waals surface area contributed by atoms with Gasteiger partial charge in [0.15, 0.2) is 12.4 Å². The molecule has 0 aliphatic heterocycles. The van der Waals surface area contributed by atoms with Gasteiger partial charge in [-0.3, -0.25) is 0 Å². The zero-order valence-corrected chi connectivity index (χ0v) is 15.7. The predicted molar refractivity (Wildman–Crippen MR) is 104 cm³/mol. The Labute approximate surface area is 173 Å². The van der Waals surface area contributed by atoms with Crippen LogP contribution in [0.2, 0.25) is 0 Å². The summed E-state index contributed by atoms with van der Waals surface area (Å²) in [4.78, 5) is 23.7. The zero-order valence-electron chi connectivity index (χ0n) is 15.7. The minimum atomic E-state index is -4.48. The van der Waals surface area contributed by atoms with E-state index in [1.165, 1.54) is 42.5 Å². The van der Waals surface area contributed by atoms with Crippen molar-refractivity contribution < 1.29 is 27.1 Å². The summed E-state index contributed by atoms with van der Waals surface area (Å²) in [6.07, 6.45) is -2.30. The number of esters is 1. The minimum absolute atomic E-state index is 0.0398. The maximum atomic E-state index is 13.0. The van der Waals surface area contributed by atoms with Gasteiger partial charge in [0.2, 0.25) is 11.9 Å². The average Bonchev–Trinajstić information content (AvgIpc) is 2.72. The summed E-state index contributed by atoms with van der Waals surface area (Å²) in [7, 11) is 0. The molecule has 0 aliphatic carbocycles. The Bertz CT molecular complexity index is 1100. The number of aromatic nitrogens is 3. The van der Waals surface area contributed by atoms with E-state index in [9.17, 15) is 22.4 Å². The smallest absolute Gasteiger partial charge is 0.416 e. The van der Waals surface area contributed by atoms with Crippen LogP contribution in [0.3, 0.4) is 0 Å². The molecule has 1 heterocycles. The lowest BCUT2D eigenvalue weighted by Gasteiger charge is -2.07. The summed E-state index contributed by atoms with van der Waals surface area (Å²) in [6, 6.07) is 9.90. The number of carbonyl (C=O) groups is 1. The largest absolute Gasteiger partial charge is 0.454 e. The first-order valence-electron chi connectivity index (χ1n) is 8.74. The number of anilines is 3. The van der Waals surface area contributed by atoms with Gasteiger partial charge in [-0.2, -0.15) is 28.1 Å². The van der Waals surface area contributed by atoms with Crippen LogP contribution in [0, 0.1) is 5.82 Å². The van der Waals surface area contributed by atoms with E-state index in [2.05, 4.69) is 20.3 Å². The lowest BCUT2D eigenvalue weighted by molar-refractivity contribution is -0.139. The number of nitrogen functional groups attached to an aromatic ring is 1. The molecule has 160 valence electrons. The van der Waals surface area contributed by atoms with Crippen LogP contribution in [0.5, 0.6) is 0 Å². The molecule has 0 atom stereocenters. The normalized spacial score (nSPS) is 11.5. The molecular formula is C20H15F4N5O2. The highest BCUT2D eigenvalue weighted by Crippen LogP contribution is 2.29. The third kappa shape index (κ3) is 6.49. The summed E-state index contributed by atoms with van der Waals surface area (Å²) in [5.74, 6) is -1.26. The van der Waals surface area contributed by atoms with Gasteiger partial charge in [0.05, 0.1) is 5.56 Å². The van der Waals surface area contributed by atoms with Crippen LogP contribution < -0.4 is 11.1 Å². The molecule has 0 bridgehead atoms. The minimum Gasteiger partial charge on any atom is -0.454 e. The van der Waals surface area contributed by atoms with E-state index in [4.69, 9.17) is 10.5 Å². The molecule has 1 aromatic heterocycles. The van der Waals surface area contributed by atoms with E-state index < -0.39 is 23.5 Å². The fourth-order valence-electron chi connectivity index (χ4n) is 2.39. The number of nitrogens with two attached hydrogens (primary N) is 1. The highest BCUT2D eigenvalue weighted by molar-refractivity contribution is 5.87. The summed E-state index contributed by atoms with van der Waals surface area (Å²) in [5, 5.41) is 2.81. The molecule has 0 saturated carbocycles. The van der Waals surface area contributed by atoms with Gasteiger partial charge in [-0.15, -0.1) is 0 Å². The number of nitrogens with one attached hydrogen (secondary N) is 1. The predicted octanol–water partition coefficient (Wildman–Crippen LogP) is 4.11. The van der Waals surface area contributed by atoms with E-state index in [0.717, 1.165) is 18.2 Å². The van der Waals surface area contributed by atoms with Gasteiger partial charge in [-0.1, -0.05) is 12.1 Å². The third-order valence-corrected chi connectivity index (χ3v) is 3.77. The highest BCUT2D eigenvalue weighted by atomic mass is 19.4. The van der Waals surface area contributed by atoms with Crippen LogP contribution in [0.1, 0.15) is 17.0 Å². The van der Waals surface area contributed by atoms with Gasteiger partial charge in [-0.25, -0.2) is 9.18 Å². The first kappa shape index (κ1) is 21.7. The van der Waals surface area contributed by atoms with Crippen LogP contribution >= 0.6 is 0 Å².